The second kappa shape index (κ2) is 7.26. The largest absolute Gasteiger partial charge is 0.493 e. The molecule has 0 unspecified atom stereocenters. The molecular weight excluding hydrogens is 286 g/mol. The Morgan fingerprint density at radius 2 is 2.09 bits per heavy atom. The fraction of sp³-hybridized carbons (Fsp3) is 0.500. The number of aliphatic carboxylic acids is 1. The molecule has 6 nitrogen and oxygen atoms in total. The van der Waals surface area contributed by atoms with Crippen molar-refractivity contribution in [3.05, 3.63) is 29.8 Å². The minimum Gasteiger partial charge on any atom is -0.493 e. The molecule has 0 bridgehead atoms. The number of amides is 1. The molecule has 22 heavy (non-hydrogen) atoms. The van der Waals surface area contributed by atoms with Crippen LogP contribution < -0.4 is 10.1 Å². The highest BCUT2D eigenvalue weighted by atomic mass is 16.5. The number of benzene rings is 1. The van der Waals surface area contributed by atoms with Crippen molar-refractivity contribution in [1.82, 2.24) is 5.32 Å². The Balaban J connectivity index is 1.83. The molecule has 1 aliphatic carbocycles. The molecule has 2 N–H and O–H groups in total. The first-order valence-corrected chi connectivity index (χ1v) is 7.31. The highest BCUT2D eigenvalue weighted by Gasteiger charge is 2.56. The third-order valence-corrected chi connectivity index (χ3v) is 3.71. The molecule has 1 aromatic rings. The fourth-order valence-electron chi connectivity index (χ4n) is 2.15. The lowest BCUT2D eigenvalue weighted by atomic mass is 10.1. The van der Waals surface area contributed by atoms with Crippen LogP contribution in [0, 0.1) is 5.41 Å². The van der Waals surface area contributed by atoms with Crippen LogP contribution in [0.25, 0.3) is 0 Å². The average molecular weight is 307 g/mol. The van der Waals surface area contributed by atoms with E-state index >= 15 is 0 Å². The van der Waals surface area contributed by atoms with E-state index in [9.17, 15) is 9.59 Å². The standard InChI is InChI=1S/C16H21NO5/c1-21-8-3-9-22-13-5-2-4-12(10-13)11-17-14(18)16(6-7-16)15(19)20/h2,4-5,10H,3,6-9,11H2,1H3,(H,17,18)(H,19,20). The van der Waals surface area contributed by atoms with Gasteiger partial charge in [-0.05, 0) is 30.5 Å². The summed E-state index contributed by atoms with van der Waals surface area (Å²) in [6.45, 7) is 1.50. The predicted molar refractivity (Wildman–Crippen MR) is 79.6 cm³/mol. The molecule has 6 heteroatoms. The maximum absolute atomic E-state index is 11.9. The second-order valence-corrected chi connectivity index (χ2v) is 5.41. The Kier molecular flexibility index (Phi) is 5.38. The van der Waals surface area contributed by atoms with Gasteiger partial charge in [-0.15, -0.1) is 0 Å². The van der Waals surface area contributed by atoms with Gasteiger partial charge in [0.15, 0.2) is 0 Å². The molecule has 2 rings (SSSR count). The second-order valence-electron chi connectivity index (χ2n) is 5.41. The predicted octanol–water partition coefficient (Wildman–Crippen LogP) is 1.58. The van der Waals surface area contributed by atoms with Gasteiger partial charge in [0.2, 0.25) is 5.91 Å². The van der Waals surface area contributed by atoms with E-state index in [1.807, 2.05) is 24.3 Å². The van der Waals surface area contributed by atoms with Gasteiger partial charge < -0.3 is 19.9 Å². The van der Waals surface area contributed by atoms with Crippen LogP contribution in [-0.2, 0) is 20.9 Å². The molecular formula is C16H21NO5. The molecule has 1 fully saturated rings. The molecule has 0 aliphatic heterocycles. The van der Waals surface area contributed by atoms with Gasteiger partial charge in [0.25, 0.3) is 0 Å². The lowest BCUT2D eigenvalue weighted by Gasteiger charge is -2.12. The molecule has 0 radical (unpaired) electrons. The van der Waals surface area contributed by atoms with Crippen LogP contribution in [0.15, 0.2) is 24.3 Å². The third kappa shape index (κ3) is 3.98. The molecule has 1 amide bonds. The van der Waals surface area contributed by atoms with Crippen molar-refractivity contribution in [2.45, 2.75) is 25.8 Å². The number of carbonyl (C=O) groups is 2. The third-order valence-electron chi connectivity index (χ3n) is 3.71. The Morgan fingerprint density at radius 3 is 2.73 bits per heavy atom. The number of carboxylic acid groups (broad SMARTS) is 1. The molecule has 120 valence electrons. The first-order valence-electron chi connectivity index (χ1n) is 7.31. The van der Waals surface area contributed by atoms with E-state index in [0.29, 0.717) is 32.6 Å². The van der Waals surface area contributed by atoms with Crippen molar-refractivity contribution in [3.8, 4) is 5.75 Å². The number of hydrogen-bond donors (Lipinski definition) is 2. The van der Waals surface area contributed by atoms with Gasteiger partial charge in [-0.1, -0.05) is 12.1 Å². The van der Waals surface area contributed by atoms with E-state index in [1.165, 1.54) is 0 Å². The topological polar surface area (TPSA) is 84.9 Å². The average Bonchev–Trinajstić information content (AvgIpc) is 3.31. The van der Waals surface area contributed by atoms with Crippen LogP contribution in [0.1, 0.15) is 24.8 Å². The van der Waals surface area contributed by atoms with Crippen LogP contribution >= 0.6 is 0 Å². The van der Waals surface area contributed by atoms with Gasteiger partial charge in [-0.2, -0.15) is 0 Å². The zero-order chi connectivity index (χ0) is 16.0. The van der Waals surface area contributed by atoms with Crippen LogP contribution in [-0.4, -0.2) is 37.3 Å². The Bertz CT molecular complexity index is 539. The van der Waals surface area contributed by atoms with Crippen LogP contribution in [0.2, 0.25) is 0 Å². The highest BCUT2D eigenvalue weighted by Crippen LogP contribution is 2.46. The summed E-state index contributed by atoms with van der Waals surface area (Å²) in [5, 5.41) is 11.8. The molecule has 1 aliphatic rings. The maximum Gasteiger partial charge on any atom is 0.319 e. The van der Waals surface area contributed by atoms with Crippen LogP contribution in [0.4, 0.5) is 0 Å². The summed E-state index contributed by atoms with van der Waals surface area (Å²) in [7, 11) is 1.65. The Morgan fingerprint density at radius 1 is 1.32 bits per heavy atom. The summed E-state index contributed by atoms with van der Waals surface area (Å²) in [5.74, 6) is -0.728. The number of hydrogen-bond acceptors (Lipinski definition) is 4. The Labute approximate surface area is 129 Å². The number of rotatable bonds is 9. The number of carbonyl (C=O) groups excluding carboxylic acids is 1. The number of nitrogens with one attached hydrogen (secondary N) is 1. The normalized spacial score (nSPS) is 15.1. The quantitative estimate of drug-likeness (QED) is 0.534. The van der Waals surface area contributed by atoms with Crippen molar-refractivity contribution in [2.24, 2.45) is 5.41 Å². The smallest absolute Gasteiger partial charge is 0.319 e. The monoisotopic (exact) mass is 307 g/mol. The van der Waals surface area contributed by atoms with E-state index in [4.69, 9.17) is 14.6 Å². The van der Waals surface area contributed by atoms with Gasteiger partial charge in [-0.3, -0.25) is 9.59 Å². The zero-order valence-electron chi connectivity index (χ0n) is 12.6. The number of methoxy groups -OCH3 is 1. The summed E-state index contributed by atoms with van der Waals surface area (Å²) in [4.78, 5) is 23.0. The molecule has 0 heterocycles. The van der Waals surface area contributed by atoms with Gasteiger partial charge >= 0.3 is 5.97 Å². The van der Waals surface area contributed by atoms with Gasteiger partial charge in [0.1, 0.15) is 11.2 Å². The van der Waals surface area contributed by atoms with E-state index in [-0.39, 0.29) is 0 Å². The maximum atomic E-state index is 11.9. The first kappa shape index (κ1) is 16.3. The molecule has 1 saturated carbocycles. The number of ether oxygens (including phenoxy) is 2. The van der Waals surface area contributed by atoms with E-state index < -0.39 is 17.3 Å². The highest BCUT2D eigenvalue weighted by molar-refractivity contribution is 6.04. The summed E-state index contributed by atoms with van der Waals surface area (Å²) < 4.78 is 10.5. The first-order chi connectivity index (χ1) is 10.6. The molecule has 0 saturated heterocycles. The summed E-state index contributed by atoms with van der Waals surface area (Å²) >= 11 is 0. The summed E-state index contributed by atoms with van der Waals surface area (Å²) in [6.07, 6.45) is 1.63. The molecule has 1 aromatic carbocycles. The van der Waals surface area contributed by atoms with Gasteiger partial charge in [0.05, 0.1) is 6.61 Å². The molecule has 0 atom stereocenters. The minimum atomic E-state index is -1.20. The van der Waals surface area contributed by atoms with Crippen molar-refractivity contribution >= 4 is 11.9 Å². The van der Waals surface area contributed by atoms with Crippen molar-refractivity contribution in [1.29, 1.82) is 0 Å². The van der Waals surface area contributed by atoms with Crippen molar-refractivity contribution in [3.63, 3.8) is 0 Å². The molecule has 0 aromatic heterocycles. The summed E-state index contributed by atoms with van der Waals surface area (Å²) in [6, 6.07) is 7.39. The van der Waals surface area contributed by atoms with Gasteiger partial charge in [0, 0.05) is 26.7 Å². The SMILES string of the molecule is COCCCOc1cccc(CNC(=O)C2(C(=O)O)CC2)c1. The van der Waals surface area contributed by atoms with Gasteiger partial charge in [-0.25, -0.2) is 0 Å². The van der Waals surface area contributed by atoms with Crippen molar-refractivity contribution < 1.29 is 24.2 Å². The molecule has 0 spiro atoms. The Hall–Kier alpha value is -2.08. The van der Waals surface area contributed by atoms with Crippen LogP contribution in [0.5, 0.6) is 5.75 Å². The summed E-state index contributed by atoms with van der Waals surface area (Å²) in [5.41, 5.74) is -0.326. The zero-order valence-corrected chi connectivity index (χ0v) is 12.6. The lowest BCUT2D eigenvalue weighted by Crippen LogP contribution is -2.36. The fourth-order valence-corrected chi connectivity index (χ4v) is 2.15. The van der Waals surface area contributed by atoms with E-state index in [2.05, 4.69) is 5.32 Å². The number of carboxylic acids is 1. The van der Waals surface area contributed by atoms with E-state index in [1.54, 1.807) is 7.11 Å². The lowest BCUT2D eigenvalue weighted by molar-refractivity contribution is -0.149. The van der Waals surface area contributed by atoms with Crippen molar-refractivity contribution in [2.75, 3.05) is 20.3 Å². The van der Waals surface area contributed by atoms with Crippen LogP contribution in [0.3, 0.4) is 0 Å². The van der Waals surface area contributed by atoms with E-state index in [0.717, 1.165) is 17.7 Å². The minimum absolute atomic E-state index is 0.295.